The van der Waals surface area contributed by atoms with Gasteiger partial charge in [-0.15, -0.1) is 0 Å². The van der Waals surface area contributed by atoms with Gasteiger partial charge in [-0.3, -0.25) is 4.79 Å². The van der Waals surface area contributed by atoms with Crippen LogP contribution >= 0.6 is 15.9 Å². The molecule has 0 bridgehead atoms. The van der Waals surface area contributed by atoms with Crippen LogP contribution in [0.4, 0.5) is 0 Å². The van der Waals surface area contributed by atoms with Gasteiger partial charge in [0.15, 0.2) is 5.78 Å². The van der Waals surface area contributed by atoms with Crippen molar-refractivity contribution < 1.29 is 4.79 Å². The van der Waals surface area contributed by atoms with Crippen LogP contribution in [-0.2, 0) is 0 Å². The maximum atomic E-state index is 12.1. The number of hydrogen-bond acceptors (Lipinski definition) is 3. The minimum Gasteiger partial charge on any atom is -0.306 e. The summed E-state index contributed by atoms with van der Waals surface area (Å²) in [4.78, 5) is 16.9. The van der Waals surface area contributed by atoms with E-state index in [1.165, 1.54) is 12.8 Å². The molecule has 4 heteroatoms. The number of Topliss-reactive ketones (excluding diaryl/α,β-unsaturated/α-hetero) is 1. The molecule has 1 aliphatic rings. The Morgan fingerprint density at radius 1 is 1.30 bits per heavy atom. The summed E-state index contributed by atoms with van der Waals surface area (Å²) >= 11 is 3.39. The number of carbonyl (C=O) groups is 1. The third-order valence-corrected chi connectivity index (χ3v) is 4.70. The first-order chi connectivity index (χ1) is 9.56. The average Bonchev–Trinajstić information content (AvgIpc) is 2.46. The predicted octanol–water partition coefficient (Wildman–Crippen LogP) is 3.05. The van der Waals surface area contributed by atoms with Crippen molar-refractivity contribution in [3.8, 4) is 0 Å². The highest BCUT2D eigenvalue weighted by atomic mass is 79.9. The molecule has 0 saturated carbocycles. The Balaban J connectivity index is 1.79. The molecule has 0 aromatic heterocycles. The molecule has 2 rings (SSSR count). The smallest absolute Gasteiger partial charge is 0.164 e. The van der Waals surface area contributed by atoms with Crippen LogP contribution in [0.1, 0.15) is 29.6 Å². The van der Waals surface area contributed by atoms with Gasteiger partial charge in [0, 0.05) is 29.0 Å². The third-order valence-electron chi connectivity index (χ3n) is 4.17. The highest BCUT2D eigenvalue weighted by molar-refractivity contribution is 9.10. The predicted molar refractivity (Wildman–Crippen MR) is 86.2 cm³/mol. The second-order valence-corrected chi connectivity index (χ2v) is 6.61. The van der Waals surface area contributed by atoms with Crippen LogP contribution in [0.25, 0.3) is 0 Å². The summed E-state index contributed by atoms with van der Waals surface area (Å²) in [6, 6.07) is 8.26. The van der Waals surface area contributed by atoms with Gasteiger partial charge in [-0.1, -0.05) is 28.1 Å². The summed E-state index contributed by atoms with van der Waals surface area (Å²) < 4.78 is 1.01. The van der Waals surface area contributed by atoms with Gasteiger partial charge in [0.05, 0.1) is 0 Å². The normalized spacial score (nSPS) is 17.6. The molecule has 0 atom stereocenters. The number of piperidine rings is 1. The van der Waals surface area contributed by atoms with Crippen molar-refractivity contribution in [1.29, 1.82) is 0 Å². The minimum absolute atomic E-state index is 0.234. The van der Waals surface area contributed by atoms with Gasteiger partial charge in [0.2, 0.25) is 0 Å². The van der Waals surface area contributed by atoms with Crippen LogP contribution in [0.3, 0.4) is 0 Å². The van der Waals surface area contributed by atoms with Crippen molar-refractivity contribution in [3.05, 3.63) is 34.3 Å². The molecule has 0 spiro atoms. The van der Waals surface area contributed by atoms with E-state index < -0.39 is 0 Å². The van der Waals surface area contributed by atoms with Crippen molar-refractivity contribution >= 4 is 21.7 Å². The zero-order chi connectivity index (χ0) is 14.5. The quantitative estimate of drug-likeness (QED) is 0.771. The highest BCUT2D eigenvalue weighted by Crippen LogP contribution is 2.16. The van der Waals surface area contributed by atoms with Gasteiger partial charge >= 0.3 is 0 Å². The van der Waals surface area contributed by atoms with Crippen LogP contribution < -0.4 is 0 Å². The van der Waals surface area contributed by atoms with Crippen LogP contribution in [-0.4, -0.2) is 55.4 Å². The van der Waals surface area contributed by atoms with Crippen molar-refractivity contribution in [1.82, 2.24) is 9.80 Å². The van der Waals surface area contributed by atoms with Crippen molar-refractivity contribution in [3.63, 3.8) is 0 Å². The number of rotatable bonds is 5. The van der Waals surface area contributed by atoms with Crippen molar-refractivity contribution in [2.75, 3.05) is 33.7 Å². The van der Waals surface area contributed by atoms with E-state index in [2.05, 4.69) is 39.8 Å². The maximum absolute atomic E-state index is 12.1. The Hall–Kier alpha value is -0.710. The summed E-state index contributed by atoms with van der Waals surface area (Å²) in [6.45, 7) is 3.18. The molecule has 1 aromatic carbocycles. The number of nitrogens with zero attached hydrogens (tertiary/aromatic N) is 2. The van der Waals surface area contributed by atoms with Crippen LogP contribution in [0.2, 0.25) is 0 Å². The van der Waals surface area contributed by atoms with Gasteiger partial charge in [-0.05, 0) is 52.2 Å². The summed E-state index contributed by atoms with van der Waals surface area (Å²) in [5, 5.41) is 0. The first-order valence-electron chi connectivity index (χ1n) is 7.24. The third kappa shape index (κ3) is 4.40. The molecule has 0 amide bonds. The van der Waals surface area contributed by atoms with Gasteiger partial charge in [-0.2, -0.15) is 0 Å². The van der Waals surface area contributed by atoms with Gasteiger partial charge in [-0.25, -0.2) is 0 Å². The Kier molecular flexibility index (Phi) is 5.75. The molecule has 20 heavy (non-hydrogen) atoms. The molecule has 1 aliphatic heterocycles. The van der Waals surface area contributed by atoms with Gasteiger partial charge < -0.3 is 9.80 Å². The minimum atomic E-state index is 0.234. The maximum Gasteiger partial charge on any atom is 0.164 e. The highest BCUT2D eigenvalue weighted by Gasteiger charge is 2.20. The zero-order valence-electron chi connectivity index (χ0n) is 12.3. The number of carbonyl (C=O) groups excluding carboxylic acids is 1. The van der Waals surface area contributed by atoms with E-state index in [-0.39, 0.29) is 5.78 Å². The molecule has 110 valence electrons. The fraction of sp³-hybridized carbons (Fsp3) is 0.562. The van der Waals surface area contributed by atoms with Crippen LogP contribution in [0.5, 0.6) is 0 Å². The Bertz CT molecular complexity index is 438. The van der Waals surface area contributed by atoms with E-state index in [4.69, 9.17) is 0 Å². The summed E-state index contributed by atoms with van der Waals surface area (Å²) in [5.41, 5.74) is 0.810. The number of benzene rings is 1. The lowest BCUT2D eigenvalue weighted by Gasteiger charge is -2.35. The summed E-state index contributed by atoms with van der Waals surface area (Å²) in [6.07, 6.45) is 3.02. The number of halogens is 1. The van der Waals surface area contributed by atoms with Crippen LogP contribution in [0, 0.1) is 0 Å². The standard InChI is InChI=1S/C16H23BrN2O/c1-18-10-7-15(8-11-18)19(2)12-9-16(20)13-3-5-14(17)6-4-13/h3-6,15H,7-12H2,1-2H3. The molecule has 0 N–H and O–H groups in total. The molecule has 1 heterocycles. The van der Waals surface area contributed by atoms with E-state index in [1.807, 2.05) is 24.3 Å². The molecule has 0 radical (unpaired) electrons. The molecule has 1 aromatic rings. The fourth-order valence-corrected chi connectivity index (χ4v) is 2.94. The Morgan fingerprint density at radius 2 is 1.90 bits per heavy atom. The second-order valence-electron chi connectivity index (χ2n) is 5.70. The second kappa shape index (κ2) is 7.34. The topological polar surface area (TPSA) is 23.6 Å². The first-order valence-corrected chi connectivity index (χ1v) is 8.03. The first kappa shape index (κ1) is 15.7. The van der Waals surface area contributed by atoms with Crippen molar-refractivity contribution in [2.45, 2.75) is 25.3 Å². The number of ketones is 1. The number of hydrogen-bond donors (Lipinski definition) is 0. The molecular formula is C16H23BrN2O. The molecule has 0 unspecified atom stereocenters. The fourth-order valence-electron chi connectivity index (χ4n) is 2.68. The average molecular weight is 339 g/mol. The summed E-state index contributed by atoms with van der Waals surface area (Å²) in [5.74, 6) is 0.234. The monoisotopic (exact) mass is 338 g/mol. The SMILES string of the molecule is CN1CCC(N(C)CCC(=O)c2ccc(Br)cc2)CC1. The van der Waals surface area contributed by atoms with Gasteiger partial charge in [0.25, 0.3) is 0 Å². The Labute approximate surface area is 130 Å². The lowest BCUT2D eigenvalue weighted by Crippen LogP contribution is -2.42. The lowest BCUT2D eigenvalue weighted by molar-refractivity contribution is 0.0939. The van der Waals surface area contributed by atoms with E-state index in [1.54, 1.807) is 0 Å². The van der Waals surface area contributed by atoms with Crippen LogP contribution in [0.15, 0.2) is 28.7 Å². The summed E-state index contributed by atoms with van der Waals surface area (Å²) in [7, 11) is 4.32. The van der Waals surface area contributed by atoms with E-state index in [0.717, 1.165) is 29.7 Å². The Morgan fingerprint density at radius 3 is 2.50 bits per heavy atom. The van der Waals surface area contributed by atoms with E-state index >= 15 is 0 Å². The molecule has 1 fully saturated rings. The zero-order valence-corrected chi connectivity index (χ0v) is 13.9. The largest absolute Gasteiger partial charge is 0.306 e. The lowest BCUT2D eigenvalue weighted by atomic mass is 10.0. The molecular weight excluding hydrogens is 316 g/mol. The van der Waals surface area contributed by atoms with Crippen molar-refractivity contribution in [2.24, 2.45) is 0 Å². The molecule has 1 saturated heterocycles. The van der Waals surface area contributed by atoms with Gasteiger partial charge in [0.1, 0.15) is 0 Å². The number of likely N-dealkylation sites (tertiary alicyclic amines) is 1. The molecule has 3 nitrogen and oxygen atoms in total. The van der Waals surface area contributed by atoms with E-state index in [0.29, 0.717) is 12.5 Å². The van der Waals surface area contributed by atoms with E-state index in [9.17, 15) is 4.79 Å². The molecule has 0 aliphatic carbocycles.